The van der Waals surface area contributed by atoms with E-state index in [1.807, 2.05) is 45.0 Å². The first-order valence-electron chi connectivity index (χ1n) is 17.0. The number of nitrogens with one attached hydrogen (secondary N) is 3. The number of alkyl carbamates (subject to hydrolysis) is 1. The van der Waals surface area contributed by atoms with Gasteiger partial charge in [0.1, 0.15) is 41.1 Å². The largest absolute Gasteiger partial charge is 0.460 e. The van der Waals surface area contributed by atoms with Gasteiger partial charge < -0.3 is 24.8 Å². The summed E-state index contributed by atoms with van der Waals surface area (Å²) in [5, 5.41) is 15.9. The standard InChI is InChI=1S/C36H52N6O8/c1-21(2)30(38-34(47)50-36(8,9)10)31(44)37-22(3)32(45)42-18-12-14-27(41-42)33(46)48-23(4)28-20-25-19-24(16-17-26(25)39-40-28)13-11-15-29(43)49-35(5,6)7/h11,13,16-17,19-23,27,30,41H,12,14-15,18H2,1-10H3,(H,37,44)(H,38,47)/b13-11+/t22?,23-,27+,30?/m1/s1. The van der Waals surface area contributed by atoms with E-state index in [4.69, 9.17) is 14.2 Å². The van der Waals surface area contributed by atoms with Crippen LogP contribution in [-0.4, -0.2) is 80.9 Å². The molecule has 0 spiro atoms. The van der Waals surface area contributed by atoms with E-state index in [-0.39, 0.29) is 18.3 Å². The number of hydrazine groups is 1. The third kappa shape index (κ3) is 12.4. The van der Waals surface area contributed by atoms with E-state index >= 15 is 0 Å². The zero-order chi connectivity index (χ0) is 37.4. The molecule has 3 N–H and O–H groups in total. The summed E-state index contributed by atoms with van der Waals surface area (Å²) in [7, 11) is 0. The van der Waals surface area contributed by atoms with Crippen LogP contribution in [0.5, 0.6) is 0 Å². The molecule has 1 aliphatic heterocycles. The summed E-state index contributed by atoms with van der Waals surface area (Å²) < 4.78 is 16.4. The molecule has 2 unspecified atom stereocenters. The molecule has 1 aliphatic rings. The third-order valence-electron chi connectivity index (χ3n) is 7.44. The van der Waals surface area contributed by atoms with Gasteiger partial charge >= 0.3 is 18.0 Å². The van der Waals surface area contributed by atoms with Crippen LogP contribution in [0.1, 0.15) is 106 Å². The van der Waals surface area contributed by atoms with Crippen LogP contribution in [0.3, 0.4) is 0 Å². The molecule has 1 aromatic carbocycles. The second-order valence-corrected chi connectivity index (χ2v) is 14.8. The molecular weight excluding hydrogens is 644 g/mol. The van der Waals surface area contributed by atoms with Crippen LogP contribution >= 0.6 is 0 Å². The topological polar surface area (TPSA) is 178 Å². The van der Waals surface area contributed by atoms with Crippen molar-refractivity contribution in [2.24, 2.45) is 5.92 Å². The number of carbonyl (C=O) groups excluding carboxylic acids is 5. The number of ether oxygens (including phenoxy) is 3. The van der Waals surface area contributed by atoms with Crippen LogP contribution in [0.2, 0.25) is 0 Å². The van der Waals surface area contributed by atoms with Gasteiger partial charge in [-0.25, -0.2) is 10.2 Å². The van der Waals surface area contributed by atoms with Crippen LogP contribution < -0.4 is 16.1 Å². The molecular formula is C36H52N6O8. The third-order valence-corrected chi connectivity index (χ3v) is 7.44. The van der Waals surface area contributed by atoms with Crippen molar-refractivity contribution in [3.05, 3.63) is 41.6 Å². The highest BCUT2D eigenvalue weighted by Crippen LogP contribution is 2.22. The molecule has 0 radical (unpaired) electrons. The predicted molar refractivity (Wildman–Crippen MR) is 187 cm³/mol. The SMILES string of the molecule is CC(NC(=O)C(NC(=O)OC(C)(C)C)C(C)C)C(=O)N1CCC[C@@H](C(=O)O[C@H](C)c2cc3cc(/C=C/CC(=O)OC(C)(C)C)ccc3nn2)N1. The number of benzene rings is 1. The second kappa shape index (κ2) is 16.9. The summed E-state index contributed by atoms with van der Waals surface area (Å²) >= 11 is 0. The fourth-order valence-electron chi connectivity index (χ4n) is 5.06. The molecule has 2 heterocycles. The van der Waals surface area contributed by atoms with Crippen molar-refractivity contribution in [3.63, 3.8) is 0 Å². The van der Waals surface area contributed by atoms with Crippen molar-refractivity contribution >= 4 is 46.8 Å². The zero-order valence-corrected chi connectivity index (χ0v) is 30.8. The number of rotatable bonds is 11. The lowest BCUT2D eigenvalue weighted by atomic mass is 10.0. The minimum Gasteiger partial charge on any atom is -0.460 e. The van der Waals surface area contributed by atoms with E-state index in [1.54, 1.807) is 53.7 Å². The lowest BCUT2D eigenvalue weighted by Crippen LogP contribution is -2.61. The van der Waals surface area contributed by atoms with Gasteiger partial charge in [0.2, 0.25) is 5.91 Å². The van der Waals surface area contributed by atoms with Crippen LogP contribution in [0.25, 0.3) is 17.0 Å². The predicted octanol–water partition coefficient (Wildman–Crippen LogP) is 4.53. The summed E-state index contributed by atoms with van der Waals surface area (Å²) in [6.45, 7) is 17.7. The maximum absolute atomic E-state index is 13.3. The Labute approximate surface area is 294 Å². The summed E-state index contributed by atoms with van der Waals surface area (Å²) in [5.74, 6) is -2.13. The molecule has 0 bridgehead atoms. The monoisotopic (exact) mass is 696 g/mol. The van der Waals surface area contributed by atoms with Crippen molar-refractivity contribution in [1.29, 1.82) is 0 Å². The maximum Gasteiger partial charge on any atom is 0.408 e. The van der Waals surface area contributed by atoms with Crippen molar-refractivity contribution in [1.82, 2.24) is 31.3 Å². The number of hydrogen-bond acceptors (Lipinski definition) is 11. The first kappa shape index (κ1) is 39.8. The van der Waals surface area contributed by atoms with Gasteiger partial charge in [-0.15, -0.1) is 0 Å². The Balaban J connectivity index is 1.59. The smallest absolute Gasteiger partial charge is 0.408 e. The second-order valence-electron chi connectivity index (χ2n) is 14.8. The van der Waals surface area contributed by atoms with Gasteiger partial charge in [-0.1, -0.05) is 32.1 Å². The van der Waals surface area contributed by atoms with E-state index < -0.39 is 59.3 Å². The van der Waals surface area contributed by atoms with Gasteiger partial charge in [-0.3, -0.25) is 24.2 Å². The molecule has 14 nitrogen and oxygen atoms in total. The molecule has 1 saturated heterocycles. The summed E-state index contributed by atoms with van der Waals surface area (Å²) in [6, 6.07) is 4.70. The van der Waals surface area contributed by atoms with Crippen molar-refractivity contribution in [3.8, 4) is 0 Å². The molecule has 0 saturated carbocycles. The molecule has 3 amide bonds. The van der Waals surface area contributed by atoms with E-state index in [9.17, 15) is 24.0 Å². The maximum atomic E-state index is 13.3. The highest BCUT2D eigenvalue weighted by molar-refractivity contribution is 5.91. The van der Waals surface area contributed by atoms with E-state index in [0.717, 1.165) is 10.9 Å². The van der Waals surface area contributed by atoms with Gasteiger partial charge in [0.15, 0.2) is 0 Å². The van der Waals surface area contributed by atoms with Gasteiger partial charge in [0.05, 0.1) is 11.9 Å². The molecule has 1 aromatic heterocycles. The quantitative estimate of drug-likeness (QED) is 0.222. The van der Waals surface area contributed by atoms with Crippen LogP contribution in [-0.2, 0) is 33.4 Å². The van der Waals surface area contributed by atoms with Crippen molar-refractivity contribution in [2.45, 2.75) is 124 Å². The fraction of sp³-hybridized carbons (Fsp3) is 0.583. The Morgan fingerprint density at radius 2 is 1.64 bits per heavy atom. The van der Waals surface area contributed by atoms with E-state index in [1.165, 1.54) is 11.9 Å². The molecule has 14 heteroatoms. The van der Waals surface area contributed by atoms with Crippen LogP contribution in [0.4, 0.5) is 4.79 Å². The molecule has 0 aliphatic carbocycles. The lowest BCUT2D eigenvalue weighted by molar-refractivity contribution is -0.157. The summed E-state index contributed by atoms with van der Waals surface area (Å²) in [5.41, 5.74) is 3.61. The molecule has 274 valence electrons. The van der Waals surface area contributed by atoms with Crippen molar-refractivity contribution < 1.29 is 38.2 Å². The van der Waals surface area contributed by atoms with E-state index in [0.29, 0.717) is 30.6 Å². The Hall–Kier alpha value is -4.59. The number of esters is 2. The average Bonchev–Trinajstić information content (AvgIpc) is 3.01. The minimum absolute atomic E-state index is 0.139. The molecule has 3 rings (SSSR count). The van der Waals surface area contributed by atoms with Crippen LogP contribution in [0.15, 0.2) is 30.3 Å². The Morgan fingerprint density at radius 1 is 0.960 bits per heavy atom. The highest BCUT2D eigenvalue weighted by atomic mass is 16.6. The van der Waals surface area contributed by atoms with Gasteiger partial charge in [-0.2, -0.15) is 10.2 Å². The fourth-order valence-corrected chi connectivity index (χ4v) is 5.06. The summed E-state index contributed by atoms with van der Waals surface area (Å²) in [6.07, 6.45) is 3.20. The Morgan fingerprint density at radius 3 is 2.28 bits per heavy atom. The van der Waals surface area contributed by atoms with Crippen LogP contribution in [0, 0.1) is 5.92 Å². The van der Waals surface area contributed by atoms with Gasteiger partial charge in [0.25, 0.3) is 5.91 Å². The Kier molecular flexibility index (Phi) is 13.5. The van der Waals surface area contributed by atoms with Gasteiger partial charge in [0, 0.05) is 11.9 Å². The van der Waals surface area contributed by atoms with Crippen molar-refractivity contribution in [2.75, 3.05) is 6.54 Å². The number of fused-ring (bicyclic) bond motifs is 1. The lowest BCUT2D eigenvalue weighted by Gasteiger charge is -2.35. The highest BCUT2D eigenvalue weighted by Gasteiger charge is 2.34. The molecule has 2 aromatic rings. The van der Waals surface area contributed by atoms with Gasteiger partial charge in [-0.05, 0) is 97.9 Å². The first-order chi connectivity index (χ1) is 23.2. The first-order valence-corrected chi connectivity index (χ1v) is 17.0. The molecule has 50 heavy (non-hydrogen) atoms. The number of amides is 3. The minimum atomic E-state index is -0.949. The summed E-state index contributed by atoms with van der Waals surface area (Å²) in [4.78, 5) is 63.9. The normalized spacial score (nSPS) is 17.2. The number of nitrogens with zero attached hydrogens (tertiary/aromatic N) is 3. The average molecular weight is 697 g/mol. The molecule has 1 fully saturated rings. The number of hydrogen-bond donors (Lipinski definition) is 3. The Bertz CT molecular complexity index is 1580. The number of carbonyl (C=O) groups is 5. The number of aromatic nitrogens is 2. The zero-order valence-electron chi connectivity index (χ0n) is 30.8. The van der Waals surface area contributed by atoms with E-state index in [2.05, 4.69) is 26.3 Å². The molecule has 4 atom stereocenters.